The molecule has 0 radical (unpaired) electrons. The highest BCUT2D eigenvalue weighted by Crippen LogP contribution is 2.16. The van der Waals surface area contributed by atoms with Gasteiger partial charge in [0.25, 0.3) is 5.91 Å². The van der Waals surface area contributed by atoms with E-state index < -0.39 is 0 Å². The van der Waals surface area contributed by atoms with Crippen LogP contribution in [-0.4, -0.2) is 22.2 Å². The maximum absolute atomic E-state index is 12.0. The first kappa shape index (κ1) is 14.7. The molecule has 0 saturated heterocycles. The Morgan fingerprint density at radius 2 is 2.40 bits per heavy atom. The minimum Gasteiger partial charge on any atom is -0.384 e. The number of aliphatic hydroxyl groups excluding tert-OH is 1. The molecule has 104 valence electrons. The van der Waals surface area contributed by atoms with Crippen molar-refractivity contribution in [3.8, 4) is 11.8 Å². The predicted octanol–water partition coefficient (Wildman–Crippen LogP) is 2.01. The van der Waals surface area contributed by atoms with Crippen molar-refractivity contribution in [2.24, 2.45) is 7.05 Å². The maximum atomic E-state index is 12.0. The second kappa shape index (κ2) is 6.62. The molecule has 1 amide bonds. The molecule has 0 aromatic carbocycles. The lowest BCUT2D eigenvalue weighted by molar-refractivity contribution is 0.0943. The van der Waals surface area contributed by atoms with E-state index in [0.717, 1.165) is 10.4 Å². The molecule has 0 aliphatic heterocycles. The van der Waals surface area contributed by atoms with Gasteiger partial charge in [-0.2, -0.15) is 0 Å². The summed E-state index contributed by atoms with van der Waals surface area (Å²) in [6, 6.07) is 3.49. The van der Waals surface area contributed by atoms with Gasteiger partial charge < -0.3 is 15.0 Å². The third-order valence-electron chi connectivity index (χ3n) is 2.66. The smallest absolute Gasteiger partial charge is 0.268 e. The predicted molar refractivity (Wildman–Crippen MR) is 79.9 cm³/mol. The molecule has 20 heavy (non-hydrogen) atoms. The SMILES string of the molecule is Cn1cc(Cl)cc1C(=O)NCc1sccc1C#CCO. The van der Waals surface area contributed by atoms with Gasteiger partial charge in [0.1, 0.15) is 12.3 Å². The minimum atomic E-state index is -0.186. The van der Waals surface area contributed by atoms with E-state index in [2.05, 4.69) is 17.2 Å². The van der Waals surface area contributed by atoms with Crippen LogP contribution in [0.25, 0.3) is 0 Å². The summed E-state index contributed by atoms with van der Waals surface area (Å²) in [5.74, 6) is 5.27. The summed E-state index contributed by atoms with van der Waals surface area (Å²) >= 11 is 7.37. The third kappa shape index (κ3) is 3.42. The van der Waals surface area contributed by atoms with Crippen molar-refractivity contribution in [1.82, 2.24) is 9.88 Å². The Morgan fingerprint density at radius 1 is 1.60 bits per heavy atom. The molecular weight excluding hydrogens is 296 g/mol. The molecule has 0 saturated carbocycles. The number of hydrogen-bond acceptors (Lipinski definition) is 3. The zero-order valence-corrected chi connectivity index (χ0v) is 12.4. The van der Waals surface area contributed by atoms with E-state index in [9.17, 15) is 4.79 Å². The Hall–Kier alpha value is -1.74. The minimum absolute atomic E-state index is 0.177. The number of hydrogen-bond donors (Lipinski definition) is 2. The van der Waals surface area contributed by atoms with E-state index >= 15 is 0 Å². The normalized spacial score (nSPS) is 9.95. The molecule has 0 aliphatic rings. The van der Waals surface area contributed by atoms with Crippen LogP contribution in [0.2, 0.25) is 5.02 Å². The zero-order valence-electron chi connectivity index (χ0n) is 10.8. The van der Waals surface area contributed by atoms with E-state index in [-0.39, 0.29) is 12.5 Å². The number of aryl methyl sites for hydroxylation is 1. The standard InChI is InChI=1S/C14H13ClN2O2S/c1-17-9-11(15)7-12(17)14(19)16-8-13-10(3-2-5-18)4-6-20-13/h4,6-7,9,18H,5,8H2,1H3,(H,16,19). The van der Waals surface area contributed by atoms with Crippen molar-refractivity contribution >= 4 is 28.8 Å². The molecule has 0 atom stereocenters. The fourth-order valence-corrected chi connectivity index (χ4v) is 2.74. The molecule has 6 heteroatoms. The van der Waals surface area contributed by atoms with Crippen LogP contribution in [-0.2, 0) is 13.6 Å². The van der Waals surface area contributed by atoms with Gasteiger partial charge in [-0.05, 0) is 17.5 Å². The fourth-order valence-electron chi connectivity index (χ4n) is 1.72. The van der Waals surface area contributed by atoms with Crippen LogP contribution in [0.3, 0.4) is 0 Å². The molecule has 0 unspecified atom stereocenters. The molecule has 0 spiro atoms. The van der Waals surface area contributed by atoms with E-state index in [4.69, 9.17) is 16.7 Å². The van der Waals surface area contributed by atoms with E-state index in [1.165, 1.54) is 11.3 Å². The van der Waals surface area contributed by atoms with Gasteiger partial charge in [0, 0.05) is 23.7 Å². The van der Waals surface area contributed by atoms with Crippen LogP contribution in [0.15, 0.2) is 23.7 Å². The number of amides is 1. The number of halogens is 1. The Labute approximate surface area is 126 Å². The second-order valence-electron chi connectivity index (χ2n) is 4.05. The first-order valence-electron chi connectivity index (χ1n) is 5.88. The summed E-state index contributed by atoms with van der Waals surface area (Å²) in [5, 5.41) is 14.0. The molecular formula is C14H13ClN2O2S. The Bertz CT molecular complexity index is 679. The van der Waals surface area contributed by atoms with Crippen molar-refractivity contribution in [1.29, 1.82) is 0 Å². The monoisotopic (exact) mass is 308 g/mol. The number of carbonyl (C=O) groups excluding carboxylic acids is 1. The van der Waals surface area contributed by atoms with Crippen molar-refractivity contribution < 1.29 is 9.90 Å². The van der Waals surface area contributed by atoms with Crippen LogP contribution < -0.4 is 5.32 Å². The Kier molecular flexibility index (Phi) is 4.85. The highest BCUT2D eigenvalue weighted by atomic mass is 35.5. The molecule has 2 N–H and O–H groups in total. The molecule has 2 rings (SSSR count). The van der Waals surface area contributed by atoms with Gasteiger partial charge in [0.15, 0.2) is 0 Å². The lowest BCUT2D eigenvalue weighted by Crippen LogP contribution is -2.24. The third-order valence-corrected chi connectivity index (χ3v) is 3.79. The molecule has 2 aromatic rings. The van der Waals surface area contributed by atoms with E-state index in [0.29, 0.717) is 17.3 Å². The first-order valence-corrected chi connectivity index (χ1v) is 7.13. The summed E-state index contributed by atoms with van der Waals surface area (Å²) in [5.41, 5.74) is 1.34. The Balaban J connectivity index is 2.04. The Morgan fingerprint density at radius 3 is 3.05 bits per heavy atom. The van der Waals surface area contributed by atoms with Crippen molar-refractivity contribution in [3.05, 3.63) is 44.9 Å². The van der Waals surface area contributed by atoms with Gasteiger partial charge in [-0.1, -0.05) is 23.4 Å². The van der Waals surface area contributed by atoms with E-state index in [1.807, 2.05) is 11.4 Å². The summed E-state index contributed by atoms with van der Waals surface area (Å²) < 4.78 is 1.68. The van der Waals surface area contributed by atoms with Gasteiger partial charge >= 0.3 is 0 Å². The average molecular weight is 309 g/mol. The number of nitrogens with zero attached hydrogens (tertiary/aromatic N) is 1. The second-order valence-corrected chi connectivity index (χ2v) is 5.49. The van der Waals surface area contributed by atoms with Crippen LogP contribution in [0.4, 0.5) is 0 Å². The van der Waals surface area contributed by atoms with E-state index in [1.54, 1.807) is 23.9 Å². The number of nitrogens with one attached hydrogen (secondary N) is 1. The average Bonchev–Trinajstić information content (AvgIpc) is 2.99. The topological polar surface area (TPSA) is 54.3 Å². The molecule has 4 nitrogen and oxygen atoms in total. The number of carbonyl (C=O) groups is 1. The van der Waals surface area contributed by atoms with Gasteiger partial charge in [-0.25, -0.2) is 0 Å². The molecule has 0 fully saturated rings. The molecule has 2 aromatic heterocycles. The van der Waals surface area contributed by atoms with Gasteiger partial charge in [0.2, 0.25) is 0 Å². The van der Waals surface area contributed by atoms with Crippen LogP contribution in [0.1, 0.15) is 20.9 Å². The lowest BCUT2D eigenvalue weighted by atomic mass is 10.2. The molecule has 0 bridgehead atoms. The largest absolute Gasteiger partial charge is 0.384 e. The number of aromatic nitrogens is 1. The van der Waals surface area contributed by atoms with Crippen molar-refractivity contribution in [3.63, 3.8) is 0 Å². The first-order chi connectivity index (χ1) is 9.61. The summed E-state index contributed by atoms with van der Waals surface area (Å²) in [7, 11) is 1.77. The number of rotatable bonds is 3. The highest BCUT2D eigenvalue weighted by Gasteiger charge is 2.11. The van der Waals surface area contributed by atoms with Crippen molar-refractivity contribution in [2.45, 2.75) is 6.54 Å². The van der Waals surface area contributed by atoms with Gasteiger partial charge in [-0.3, -0.25) is 4.79 Å². The van der Waals surface area contributed by atoms with Crippen LogP contribution in [0.5, 0.6) is 0 Å². The summed E-state index contributed by atoms with van der Waals surface area (Å²) in [6.07, 6.45) is 1.68. The van der Waals surface area contributed by atoms with Crippen molar-refractivity contribution in [2.75, 3.05) is 6.61 Å². The van der Waals surface area contributed by atoms with Gasteiger partial charge in [0.05, 0.1) is 11.6 Å². The number of aliphatic hydroxyl groups is 1. The zero-order chi connectivity index (χ0) is 14.5. The lowest BCUT2D eigenvalue weighted by Gasteiger charge is -2.05. The molecule has 2 heterocycles. The highest BCUT2D eigenvalue weighted by molar-refractivity contribution is 7.10. The fraction of sp³-hybridized carbons (Fsp3) is 0.214. The maximum Gasteiger partial charge on any atom is 0.268 e. The number of thiophene rings is 1. The summed E-state index contributed by atoms with van der Waals surface area (Å²) in [6.45, 7) is 0.220. The molecule has 0 aliphatic carbocycles. The van der Waals surface area contributed by atoms with Gasteiger partial charge in [-0.15, -0.1) is 11.3 Å². The summed E-state index contributed by atoms with van der Waals surface area (Å²) in [4.78, 5) is 13.0. The van der Waals surface area contributed by atoms with Crippen LogP contribution >= 0.6 is 22.9 Å². The quantitative estimate of drug-likeness (QED) is 0.852. The van der Waals surface area contributed by atoms with Crippen LogP contribution in [0, 0.1) is 11.8 Å².